The highest BCUT2D eigenvalue weighted by molar-refractivity contribution is 7.09. The Morgan fingerprint density at radius 1 is 1.38 bits per heavy atom. The van der Waals surface area contributed by atoms with E-state index in [1.165, 1.54) is 12.8 Å². The van der Waals surface area contributed by atoms with E-state index >= 15 is 0 Å². The number of ether oxygens (including phenoxy) is 1. The van der Waals surface area contributed by atoms with Crippen LogP contribution in [0.3, 0.4) is 0 Å². The maximum Gasteiger partial charge on any atom is 0.194 e. The average molecular weight is 355 g/mol. The number of hydrogen-bond donors (Lipinski definition) is 1. The Morgan fingerprint density at radius 2 is 2.12 bits per heavy atom. The number of aliphatic imine (C=N–C) groups is 1. The Kier molecular flexibility index (Phi) is 9.95. The zero-order chi connectivity index (χ0) is 17.9. The van der Waals surface area contributed by atoms with Gasteiger partial charge in [0.1, 0.15) is 11.1 Å². The summed E-state index contributed by atoms with van der Waals surface area (Å²) in [4.78, 5) is 11.5. The van der Waals surface area contributed by atoms with E-state index in [0.717, 1.165) is 48.6 Å². The van der Waals surface area contributed by atoms with Crippen molar-refractivity contribution in [3.8, 4) is 0 Å². The van der Waals surface area contributed by atoms with E-state index in [1.807, 2.05) is 6.92 Å². The van der Waals surface area contributed by atoms with Crippen molar-refractivity contribution < 1.29 is 4.74 Å². The molecule has 1 aromatic rings. The Bertz CT molecular complexity index is 487. The van der Waals surface area contributed by atoms with Crippen LogP contribution in [0.1, 0.15) is 63.8 Å². The van der Waals surface area contributed by atoms with Crippen LogP contribution in [0.25, 0.3) is 0 Å². The molecule has 0 saturated carbocycles. The molecule has 1 atom stereocenters. The lowest BCUT2D eigenvalue weighted by Crippen LogP contribution is -2.38. The minimum absolute atomic E-state index is 0.0527. The van der Waals surface area contributed by atoms with Gasteiger partial charge >= 0.3 is 0 Å². The quantitative estimate of drug-likeness (QED) is 0.391. The van der Waals surface area contributed by atoms with Crippen molar-refractivity contribution in [2.45, 2.75) is 59.6 Å². The van der Waals surface area contributed by atoms with Crippen LogP contribution in [-0.4, -0.2) is 43.1 Å². The van der Waals surface area contributed by atoms with Crippen molar-refractivity contribution >= 4 is 17.3 Å². The second-order valence-electron chi connectivity index (χ2n) is 6.54. The van der Waals surface area contributed by atoms with E-state index in [0.29, 0.717) is 0 Å². The molecule has 0 fully saturated rings. The molecule has 0 radical (unpaired) electrons. The number of unbranched alkanes of at least 4 members (excludes halogenated alkanes) is 1. The second-order valence-corrected chi connectivity index (χ2v) is 7.43. The van der Waals surface area contributed by atoms with Crippen LogP contribution in [0.4, 0.5) is 0 Å². The third-order valence-electron chi connectivity index (χ3n) is 3.82. The van der Waals surface area contributed by atoms with E-state index in [2.05, 4.69) is 48.4 Å². The number of aromatic nitrogens is 1. The highest BCUT2D eigenvalue weighted by atomic mass is 32.1. The highest BCUT2D eigenvalue weighted by Gasteiger charge is 2.12. The van der Waals surface area contributed by atoms with Crippen molar-refractivity contribution in [2.24, 2.45) is 10.9 Å². The molecule has 0 aromatic carbocycles. The van der Waals surface area contributed by atoms with Gasteiger partial charge in [0.15, 0.2) is 5.96 Å². The molecule has 1 unspecified atom stereocenters. The number of nitrogens with one attached hydrogen (secondary N) is 1. The minimum Gasteiger partial charge on any atom is -0.375 e. The SMILES string of the molecule is CCNC(=NCCCCC(C)C)N(C)Cc1csc(C(C)OC)n1. The van der Waals surface area contributed by atoms with Gasteiger partial charge in [-0.15, -0.1) is 11.3 Å². The first-order valence-electron chi connectivity index (χ1n) is 8.94. The molecule has 138 valence electrons. The molecule has 0 aliphatic rings. The van der Waals surface area contributed by atoms with Crippen molar-refractivity contribution in [1.82, 2.24) is 15.2 Å². The van der Waals surface area contributed by atoms with Gasteiger partial charge in [-0.2, -0.15) is 0 Å². The van der Waals surface area contributed by atoms with E-state index < -0.39 is 0 Å². The zero-order valence-corrected chi connectivity index (χ0v) is 16.9. The molecule has 0 spiro atoms. The molecule has 0 saturated heterocycles. The van der Waals surface area contributed by atoms with Crippen LogP contribution in [0.15, 0.2) is 10.4 Å². The molecular weight excluding hydrogens is 320 g/mol. The molecule has 6 heteroatoms. The van der Waals surface area contributed by atoms with Gasteiger partial charge < -0.3 is 15.0 Å². The smallest absolute Gasteiger partial charge is 0.194 e. The molecule has 24 heavy (non-hydrogen) atoms. The Hall–Kier alpha value is -1.14. The topological polar surface area (TPSA) is 49.8 Å². The normalized spacial score (nSPS) is 13.4. The molecule has 0 aliphatic carbocycles. The van der Waals surface area contributed by atoms with E-state index in [9.17, 15) is 0 Å². The first kappa shape index (κ1) is 20.9. The molecular formula is C18H34N4OS. The first-order valence-corrected chi connectivity index (χ1v) is 9.82. The van der Waals surface area contributed by atoms with Crippen LogP contribution in [0.5, 0.6) is 0 Å². The largest absolute Gasteiger partial charge is 0.375 e. The molecule has 0 bridgehead atoms. The fourth-order valence-corrected chi connectivity index (χ4v) is 3.16. The fourth-order valence-electron chi connectivity index (χ4n) is 2.32. The van der Waals surface area contributed by atoms with Crippen molar-refractivity contribution in [1.29, 1.82) is 0 Å². The van der Waals surface area contributed by atoms with Crippen molar-refractivity contribution in [3.05, 3.63) is 16.1 Å². The number of rotatable bonds is 10. The summed E-state index contributed by atoms with van der Waals surface area (Å²) in [6, 6.07) is 0. The summed E-state index contributed by atoms with van der Waals surface area (Å²) in [6.07, 6.45) is 3.72. The predicted octanol–water partition coefficient (Wildman–Crippen LogP) is 4.07. The summed E-state index contributed by atoms with van der Waals surface area (Å²) < 4.78 is 5.33. The van der Waals surface area contributed by atoms with Crippen molar-refractivity contribution in [2.75, 3.05) is 27.2 Å². The average Bonchev–Trinajstić information content (AvgIpc) is 3.00. The summed E-state index contributed by atoms with van der Waals surface area (Å²) >= 11 is 1.65. The first-order chi connectivity index (χ1) is 11.5. The lowest BCUT2D eigenvalue weighted by atomic mass is 10.1. The third kappa shape index (κ3) is 7.62. The minimum atomic E-state index is 0.0527. The standard InChI is InChI=1S/C18H34N4OS/c1-7-19-18(20-11-9-8-10-14(2)3)22(5)12-16-13-24-17(21-16)15(4)23-6/h13-15H,7-12H2,1-6H3,(H,19,20). The monoisotopic (exact) mass is 354 g/mol. The summed E-state index contributed by atoms with van der Waals surface area (Å²) in [5.74, 6) is 1.73. The molecule has 1 N–H and O–H groups in total. The van der Waals surface area contributed by atoms with Crippen molar-refractivity contribution in [3.63, 3.8) is 0 Å². The highest BCUT2D eigenvalue weighted by Crippen LogP contribution is 2.20. The number of hydrogen-bond acceptors (Lipinski definition) is 4. The van der Waals surface area contributed by atoms with Crippen LogP contribution in [0.2, 0.25) is 0 Å². The Labute approximate surface area is 151 Å². The fraction of sp³-hybridized carbons (Fsp3) is 0.778. The van der Waals surface area contributed by atoms with Gasteiger partial charge in [0, 0.05) is 32.6 Å². The third-order valence-corrected chi connectivity index (χ3v) is 4.87. The van der Waals surface area contributed by atoms with E-state index in [-0.39, 0.29) is 6.10 Å². The van der Waals surface area contributed by atoms with Gasteiger partial charge in [0.05, 0.1) is 12.2 Å². The van der Waals surface area contributed by atoms with Gasteiger partial charge in [0.25, 0.3) is 0 Å². The number of nitrogens with zero attached hydrogens (tertiary/aromatic N) is 3. The van der Waals surface area contributed by atoms with Gasteiger partial charge in [-0.25, -0.2) is 4.98 Å². The van der Waals surface area contributed by atoms with Crippen LogP contribution in [-0.2, 0) is 11.3 Å². The molecule has 5 nitrogen and oxygen atoms in total. The number of thiazole rings is 1. The number of guanidine groups is 1. The van der Waals surface area contributed by atoms with Crippen LogP contribution < -0.4 is 5.32 Å². The molecule has 1 heterocycles. The second kappa shape index (κ2) is 11.4. The Morgan fingerprint density at radius 3 is 2.75 bits per heavy atom. The molecule has 0 amide bonds. The summed E-state index contributed by atoms with van der Waals surface area (Å²) in [7, 11) is 3.78. The summed E-state index contributed by atoms with van der Waals surface area (Å²) in [5.41, 5.74) is 1.06. The molecule has 0 aliphatic heterocycles. The Balaban J connectivity index is 2.55. The maximum atomic E-state index is 5.33. The van der Waals surface area contributed by atoms with Crippen LogP contribution in [0, 0.1) is 5.92 Å². The molecule has 1 aromatic heterocycles. The van der Waals surface area contributed by atoms with E-state index in [4.69, 9.17) is 9.73 Å². The van der Waals surface area contributed by atoms with E-state index in [1.54, 1.807) is 18.4 Å². The zero-order valence-electron chi connectivity index (χ0n) is 16.1. The van der Waals surface area contributed by atoms with Gasteiger partial charge in [-0.3, -0.25) is 4.99 Å². The lowest BCUT2D eigenvalue weighted by Gasteiger charge is -2.21. The number of methoxy groups -OCH3 is 1. The van der Waals surface area contributed by atoms with Gasteiger partial charge in [-0.05, 0) is 26.2 Å². The summed E-state index contributed by atoms with van der Waals surface area (Å²) in [5, 5.41) is 6.50. The molecule has 1 rings (SSSR count). The summed E-state index contributed by atoms with van der Waals surface area (Å²) in [6.45, 7) is 11.2. The predicted molar refractivity (Wildman–Crippen MR) is 104 cm³/mol. The van der Waals surface area contributed by atoms with Gasteiger partial charge in [0.2, 0.25) is 0 Å². The van der Waals surface area contributed by atoms with Crippen LogP contribution >= 0.6 is 11.3 Å². The van der Waals surface area contributed by atoms with Gasteiger partial charge in [-0.1, -0.05) is 26.7 Å². The maximum absolute atomic E-state index is 5.33. The lowest BCUT2D eigenvalue weighted by molar-refractivity contribution is 0.119.